The van der Waals surface area contributed by atoms with E-state index in [2.05, 4.69) is 51.8 Å². The highest BCUT2D eigenvalue weighted by Crippen LogP contribution is 2.43. The molecule has 0 spiro atoms. The molecule has 0 aromatic carbocycles. The van der Waals surface area contributed by atoms with Gasteiger partial charge in [-0.2, -0.15) is 0 Å². The predicted molar refractivity (Wildman–Crippen MR) is 111 cm³/mol. The average Bonchev–Trinajstić information content (AvgIpc) is 2.61. The smallest absolute Gasteiger partial charge is 0.330 e. The van der Waals surface area contributed by atoms with Crippen molar-refractivity contribution in [3.05, 3.63) is 33.1 Å². The fourth-order valence-electron chi connectivity index (χ4n) is 4.58. The summed E-state index contributed by atoms with van der Waals surface area (Å²) in [6, 6.07) is 1.28. The first-order valence-corrected chi connectivity index (χ1v) is 12.2. The molecule has 2 heterocycles. The zero-order valence-electron chi connectivity index (χ0n) is 17.8. The van der Waals surface area contributed by atoms with Crippen LogP contribution in [0, 0.1) is 0 Å². The van der Waals surface area contributed by atoms with Crippen molar-refractivity contribution in [1.82, 2.24) is 14.9 Å². The molecule has 2 atom stereocenters. The largest absolute Gasteiger partial charge is 0.413 e. The van der Waals surface area contributed by atoms with E-state index in [0.717, 1.165) is 0 Å². The number of aromatic nitrogens is 2. The minimum absolute atomic E-state index is 0.229. The van der Waals surface area contributed by atoms with Crippen LogP contribution in [0.1, 0.15) is 47.8 Å². The third kappa shape index (κ3) is 4.49. The summed E-state index contributed by atoms with van der Waals surface area (Å²) in [5.74, 6) is 0. The molecule has 1 saturated heterocycles. The number of rotatable bonds is 8. The van der Waals surface area contributed by atoms with Crippen molar-refractivity contribution in [2.24, 2.45) is 0 Å². The van der Waals surface area contributed by atoms with Crippen LogP contribution in [-0.4, -0.2) is 54.9 Å². The number of H-pyrrole nitrogens is 1. The number of nitrogens with one attached hydrogen (secondary N) is 2. The highest BCUT2D eigenvalue weighted by molar-refractivity contribution is 6.77. The predicted octanol–water partition coefficient (Wildman–Crippen LogP) is 1.58. The van der Waals surface area contributed by atoms with E-state index in [1.807, 2.05) is 0 Å². The Hall–Kier alpha value is -1.26. The number of ether oxygens (including phenoxy) is 1. The van der Waals surface area contributed by atoms with Gasteiger partial charge in [-0.05, 0) is 16.6 Å². The Kier molecular flexibility index (Phi) is 7.43. The van der Waals surface area contributed by atoms with Crippen LogP contribution >= 0.6 is 0 Å². The Morgan fingerprint density at radius 1 is 1.25 bits per heavy atom. The highest BCUT2D eigenvalue weighted by Gasteiger charge is 2.48. The van der Waals surface area contributed by atoms with Gasteiger partial charge in [0, 0.05) is 25.4 Å². The van der Waals surface area contributed by atoms with E-state index in [1.165, 1.54) is 16.8 Å². The summed E-state index contributed by atoms with van der Waals surface area (Å²) in [7, 11) is -2.13. The maximum Gasteiger partial charge on any atom is 0.330 e. The molecule has 0 bridgehead atoms. The van der Waals surface area contributed by atoms with Gasteiger partial charge in [0.15, 0.2) is 14.5 Å². The van der Waals surface area contributed by atoms with E-state index in [1.54, 1.807) is 0 Å². The quantitative estimate of drug-likeness (QED) is 0.559. The first-order chi connectivity index (χ1) is 13.1. The molecule has 0 radical (unpaired) electrons. The Labute approximate surface area is 167 Å². The van der Waals surface area contributed by atoms with Crippen LogP contribution in [0.15, 0.2) is 21.9 Å². The van der Waals surface area contributed by atoms with Crippen LogP contribution in [0.2, 0.25) is 16.6 Å². The van der Waals surface area contributed by atoms with Gasteiger partial charge in [-0.3, -0.25) is 14.3 Å². The molecule has 9 heteroatoms. The molecule has 1 fully saturated rings. The molecular formula is C19H35N3O5Si. The molecule has 28 heavy (non-hydrogen) atoms. The van der Waals surface area contributed by atoms with E-state index in [9.17, 15) is 14.7 Å². The van der Waals surface area contributed by atoms with Gasteiger partial charge < -0.3 is 19.6 Å². The van der Waals surface area contributed by atoms with Crippen molar-refractivity contribution in [2.75, 3.05) is 26.3 Å². The summed E-state index contributed by atoms with van der Waals surface area (Å²) >= 11 is 0. The molecular weight excluding hydrogens is 378 g/mol. The molecule has 3 N–H and O–H groups in total. The molecule has 160 valence electrons. The van der Waals surface area contributed by atoms with Gasteiger partial charge in [-0.1, -0.05) is 41.5 Å². The van der Waals surface area contributed by atoms with E-state index < -0.39 is 31.4 Å². The monoisotopic (exact) mass is 413 g/mol. The number of aromatic amines is 1. The van der Waals surface area contributed by atoms with E-state index in [0.29, 0.717) is 29.7 Å². The fourth-order valence-corrected chi connectivity index (χ4v) is 10.1. The molecule has 0 amide bonds. The third-order valence-electron chi connectivity index (χ3n) is 5.89. The van der Waals surface area contributed by atoms with Crippen molar-refractivity contribution < 1.29 is 14.3 Å². The standard InChI is InChI=1S/C19H35N3O5Si/c1-13(2)28(14(3)4,15(5)6)26-12-19(11-23)10-20-9-17(27-19)22-8-7-16(24)21-18(22)25/h7-8,13-15,17,20,23H,9-12H2,1-6H3,(H,21,24,25)/t17-,19+/m1/s1. The SMILES string of the molecule is CC(C)[Si](OC[C@@]1(CO)CNC[C@H](n2ccc(=O)[nH]c2=O)O1)(C(C)C)C(C)C. The molecule has 0 unspecified atom stereocenters. The highest BCUT2D eigenvalue weighted by atomic mass is 28.4. The lowest BCUT2D eigenvalue weighted by atomic mass is 10.1. The molecule has 0 aliphatic carbocycles. The van der Waals surface area contributed by atoms with Crippen LogP contribution in [-0.2, 0) is 9.16 Å². The third-order valence-corrected chi connectivity index (χ3v) is 12.0. The Balaban J connectivity index is 2.26. The minimum Gasteiger partial charge on any atom is -0.413 e. The lowest BCUT2D eigenvalue weighted by Gasteiger charge is -2.47. The van der Waals surface area contributed by atoms with Crippen LogP contribution < -0.4 is 16.6 Å². The number of hydrogen-bond acceptors (Lipinski definition) is 6. The number of nitrogens with zero attached hydrogens (tertiary/aromatic N) is 1. The first-order valence-electron chi connectivity index (χ1n) is 10.0. The fraction of sp³-hybridized carbons (Fsp3) is 0.789. The second-order valence-electron chi connectivity index (χ2n) is 8.67. The van der Waals surface area contributed by atoms with Gasteiger partial charge in [0.1, 0.15) is 5.60 Å². The zero-order valence-corrected chi connectivity index (χ0v) is 18.8. The summed E-state index contributed by atoms with van der Waals surface area (Å²) < 4.78 is 14.2. The first kappa shape index (κ1) is 23.0. The minimum atomic E-state index is -2.13. The topological polar surface area (TPSA) is 106 Å². The summed E-state index contributed by atoms with van der Waals surface area (Å²) in [5, 5.41) is 13.4. The molecule has 1 aliphatic rings. The summed E-state index contributed by atoms with van der Waals surface area (Å²) in [6.07, 6.45) is 0.777. The van der Waals surface area contributed by atoms with E-state index >= 15 is 0 Å². The number of aliphatic hydroxyl groups excluding tert-OH is 1. The summed E-state index contributed by atoms with van der Waals surface area (Å²) in [6.45, 7) is 14.1. The van der Waals surface area contributed by atoms with Gasteiger partial charge >= 0.3 is 5.69 Å². The average molecular weight is 414 g/mol. The van der Waals surface area contributed by atoms with Gasteiger partial charge in [-0.15, -0.1) is 0 Å². The lowest BCUT2D eigenvalue weighted by Crippen LogP contribution is -2.60. The lowest BCUT2D eigenvalue weighted by molar-refractivity contribution is -0.182. The number of hydrogen-bond donors (Lipinski definition) is 3. The maximum atomic E-state index is 12.1. The second kappa shape index (κ2) is 9.04. The maximum absolute atomic E-state index is 12.1. The zero-order chi connectivity index (χ0) is 21.1. The van der Waals surface area contributed by atoms with Crippen molar-refractivity contribution in [2.45, 2.75) is 70.0 Å². The van der Waals surface area contributed by atoms with Gasteiger partial charge in [-0.25, -0.2) is 4.79 Å². The molecule has 0 saturated carbocycles. The van der Waals surface area contributed by atoms with E-state index in [-0.39, 0.29) is 13.2 Å². The van der Waals surface area contributed by atoms with Crippen molar-refractivity contribution in [3.63, 3.8) is 0 Å². The Morgan fingerprint density at radius 3 is 2.36 bits per heavy atom. The van der Waals surface area contributed by atoms with E-state index in [4.69, 9.17) is 9.16 Å². The Morgan fingerprint density at radius 2 is 1.86 bits per heavy atom. The Bertz CT molecular complexity index is 739. The van der Waals surface area contributed by atoms with Crippen molar-refractivity contribution in [1.29, 1.82) is 0 Å². The van der Waals surface area contributed by atoms with Gasteiger partial charge in [0.25, 0.3) is 5.56 Å². The summed E-state index contributed by atoms with van der Waals surface area (Å²) in [4.78, 5) is 25.7. The number of aliphatic hydroxyl groups is 1. The van der Waals surface area contributed by atoms with Gasteiger partial charge in [0.2, 0.25) is 0 Å². The molecule has 1 aromatic heterocycles. The van der Waals surface area contributed by atoms with Crippen molar-refractivity contribution >= 4 is 8.32 Å². The second-order valence-corrected chi connectivity index (χ2v) is 14.1. The van der Waals surface area contributed by atoms with Crippen LogP contribution in [0.4, 0.5) is 0 Å². The molecule has 1 aromatic rings. The number of morpholine rings is 1. The van der Waals surface area contributed by atoms with Crippen molar-refractivity contribution in [3.8, 4) is 0 Å². The molecule has 8 nitrogen and oxygen atoms in total. The normalized spacial score (nSPS) is 23.7. The van der Waals surface area contributed by atoms with Gasteiger partial charge in [0.05, 0.1) is 13.2 Å². The van der Waals surface area contributed by atoms with Crippen LogP contribution in [0.5, 0.6) is 0 Å². The molecule has 1 aliphatic heterocycles. The van der Waals surface area contributed by atoms with Crippen LogP contribution in [0.3, 0.4) is 0 Å². The molecule has 2 rings (SSSR count). The summed E-state index contributed by atoms with van der Waals surface area (Å²) in [5.41, 5.74) is -0.699. The van der Waals surface area contributed by atoms with Crippen LogP contribution in [0.25, 0.3) is 0 Å².